The van der Waals surface area contributed by atoms with E-state index in [1.165, 1.54) is 12.1 Å². The maximum atomic E-state index is 13.1. The summed E-state index contributed by atoms with van der Waals surface area (Å²) in [5.74, 6) is -0.254. The highest BCUT2D eigenvalue weighted by Gasteiger charge is 2.28. The Hall–Kier alpha value is -3.68. The third-order valence-electron chi connectivity index (χ3n) is 4.80. The van der Waals surface area contributed by atoms with Crippen LogP contribution in [0, 0.1) is 5.82 Å². The van der Waals surface area contributed by atoms with Gasteiger partial charge in [0.15, 0.2) is 5.82 Å². The largest absolute Gasteiger partial charge is 0.496 e. The average Bonchev–Trinajstić information content (AvgIpc) is 3.18. The van der Waals surface area contributed by atoms with Crippen molar-refractivity contribution in [1.82, 2.24) is 20.2 Å². The minimum Gasteiger partial charge on any atom is -0.496 e. The molecule has 0 spiro atoms. The smallest absolute Gasteiger partial charge is 0.287 e. The van der Waals surface area contributed by atoms with E-state index in [9.17, 15) is 14.0 Å². The lowest BCUT2D eigenvalue weighted by molar-refractivity contribution is 0.0894. The first-order chi connectivity index (χ1) is 14.0. The Labute approximate surface area is 166 Å². The van der Waals surface area contributed by atoms with Gasteiger partial charge in [0.25, 0.3) is 11.8 Å². The summed E-state index contributed by atoms with van der Waals surface area (Å²) in [4.78, 5) is 29.1. The Kier molecular flexibility index (Phi) is 4.99. The molecule has 0 aliphatic carbocycles. The van der Waals surface area contributed by atoms with Crippen molar-refractivity contribution >= 4 is 11.8 Å². The van der Waals surface area contributed by atoms with Crippen molar-refractivity contribution < 1.29 is 18.7 Å². The maximum absolute atomic E-state index is 13.1. The fourth-order valence-corrected chi connectivity index (χ4v) is 3.31. The molecule has 2 amide bonds. The number of aromatic nitrogens is 2. The molecule has 1 atom stereocenters. The Balaban J connectivity index is 1.49. The Morgan fingerprint density at radius 3 is 2.79 bits per heavy atom. The topological polar surface area (TPSA) is 85.2 Å². The first-order valence-electron chi connectivity index (χ1n) is 9.08. The van der Waals surface area contributed by atoms with E-state index in [2.05, 4.69) is 15.6 Å². The summed E-state index contributed by atoms with van der Waals surface area (Å²) in [6.07, 6.45) is 1.56. The summed E-state index contributed by atoms with van der Waals surface area (Å²) in [6.45, 7) is 0.676. The van der Waals surface area contributed by atoms with Crippen LogP contribution in [0.3, 0.4) is 0 Å². The van der Waals surface area contributed by atoms with Gasteiger partial charge >= 0.3 is 0 Å². The summed E-state index contributed by atoms with van der Waals surface area (Å²) >= 11 is 0. The number of methoxy groups -OCH3 is 1. The predicted molar refractivity (Wildman–Crippen MR) is 103 cm³/mol. The van der Waals surface area contributed by atoms with Crippen molar-refractivity contribution in [3.8, 4) is 5.75 Å². The van der Waals surface area contributed by atoms with E-state index in [1.54, 1.807) is 30.0 Å². The molecule has 148 valence electrons. The number of fused-ring (bicyclic) bond motifs is 1. The van der Waals surface area contributed by atoms with Gasteiger partial charge in [-0.3, -0.25) is 9.59 Å². The normalized spacial score (nSPS) is 15.4. The summed E-state index contributed by atoms with van der Waals surface area (Å²) in [7, 11) is 1.57. The molecule has 2 aromatic carbocycles. The van der Waals surface area contributed by atoms with Crippen LogP contribution in [0.15, 0.2) is 54.7 Å². The zero-order chi connectivity index (χ0) is 20.4. The maximum Gasteiger partial charge on any atom is 0.287 e. The zero-order valence-electron chi connectivity index (χ0n) is 15.7. The van der Waals surface area contributed by atoms with E-state index in [4.69, 9.17) is 4.74 Å². The van der Waals surface area contributed by atoms with Crippen molar-refractivity contribution in [3.63, 3.8) is 0 Å². The minimum absolute atomic E-state index is 0.157. The molecule has 0 saturated heterocycles. The van der Waals surface area contributed by atoms with Crippen LogP contribution in [0.1, 0.15) is 38.3 Å². The van der Waals surface area contributed by atoms with E-state index in [0.29, 0.717) is 12.3 Å². The van der Waals surface area contributed by atoms with E-state index >= 15 is 0 Å². The van der Waals surface area contributed by atoms with Crippen molar-refractivity contribution in [2.24, 2.45) is 0 Å². The molecule has 0 radical (unpaired) electrons. The summed E-state index contributed by atoms with van der Waals surface area (Å²) in [6, 6.07) is 13.0. The highest BCUT2D eigenvalue weighted by molar-refractivity contribution is 5.96. The van der Waals surface area contributed by atoms with Crippen LogP contribution >= 0.6 is 0 Å². The molecule has 2 heterocycles. The molecule has 2 N–H and O–H groups in total. The van der Waals surface area contributed by atoms with E-state index in [-0.39, 0.29) is 41.7 Å². The molecule has 1 aliphatic rings. The number of benzene rings is 2. The highest BCUT2D eigenvalue weighted by atomic mass is 19.1. The van der Waals surface area contributed by atoms with Crippen molar-refractivity contribution in [3.05, 3.63) is 83.2 Å². The van der Waals surface area contributed by atoms with E-state index in [1.807, 2.05) is 24.3 Å². The molecule has 3 aromatic rings. The van der Waals surface area contributed by atoms with Gasteiger partial charge in [0.05, 0.1) is 13.2 Å². The summed E-state index contributed by atoms with van der Waals surface area (Å²) in [5.41, 5.74) is 1.77. The number of carbonyl (C=O) groups is 2. The summed E-state index contributed by atoms with van der Waals surface area (Å²) < 4.78 is 20.1. The molecule has 7 nitrogen and oxygen atoms in total. The third kappa shape index (κ3) is 3.82. The van der Waals surface area contributed by atoms with Crippen molar-refractivity contribution in [1.29, 1.82) is 0 Å². The molecule has 1 unspecified atom stereocenters. The fourth-order valence-electron chi connectivity index (χ4n) is 3.31. The first-order valence-corrected chi connectivity index (χ1v) is 9.08. The molecule has 4 rings (SSSR count). The van der Waals surface area contributed by atoms with Gasteiger partial charge in [-0.05, 0) is 23.8 Å². The molecule has 1 aliphatic heterocycles. The Bertz CT molecular complexity index is 1060. The lowest BCUT2D eigenvalue weighted by atomic mass is 10.1. The Morgan fingerprint density at radius 1 is 1.28 bits per heavy atom. The van der Waals surface area contributed by atoms with Crippen LogP contribution in [-0.2, 0) is 13.1 Å². The van der Waals surface area contributed by atoms with Gasteiger partial charge in [-0.25, -0.2) is 9.37 Å². The van der Waals surface area contributed by atoms with Gasteiger partial charge in [0.1, 0.15) is 17.3 Å². The molecule has 0 saturated carbocycles. The van der Waals surface area contributed by atoms with Crippen molar-refractivity contribution in [2.75, 3.05) is 7.11 Å². The van der Waals surface area contributed by atoms with Gasteiger partial charge in [0, 0.05) is 24.8 Å². The number of amides is 2. The number of para-hydroxylation sites is 1. The van der Waals surface area contributed by atoms with E-state index in [0.717, 1.165) is 11.1 Å². The fraction of sp³-hybridized carbons (Fsp3) is 0.190. The SMILES string of the molecule is COc1ccccc1CNC(=O)c1cn2c(n1)C(=O)NC(c1ccc(F)cc1)C2. The second kappa shape index (κ2) is 7.75. The highest BCUT2D eigenvalue weighted by Crippen LogP contribution is 2.22. The predicted octanol–water partition coefficient (Wildman–Crippen LogP) is 2.45. The molecule has 1 aromatic heterocycles. The second-order valence-electron chi connectivity index (χ2n) is 6.67. The lowest BCUT2D eigenvalue weighted by Crippen LogP contribution is -2.38. The number of ether oxygens (including phenoxy) is 1. The van der Waals surface area contributed by atoms with E-state index < -0.39 is 0 Å². The number of halogens is 1. The van der Waals surface area contributed by atoms with Crippen LogP contribution in [0.4, 0.5) is 4.39 Å². The molecule has 29 heavy (non-hydrogen) atoms. The molecule has 0 bridgehead atoms. The molecule has 0 fully saturated rings. The number of carbonyl (C=O) groups excluding carboxylic acids is 2. The number of hydrogen-bond acceptors (Lipinski definition) is 4. The van der Waals surface area contributed by atoms with Gasteiger partial charge in [-0.15, -0.1) is 0 Å². The molecule has 8 heteroatoms. The van der Waals surface area contributed by atoms with Crippen LogP contribution in [0.2, 0.25) is 0 Å². The minimum atomic E-state index is -0.385. The lowest BCUT2D eigenvalue weighted by Gasteiger charge is -2.25. The first kappa shape index (κ1) is 18.7. The van der Waals surface area contributed by atoms with Gasteiger partial charge in [-0.1, -0.05) is 30.3 Å². The molecular weight excluding hydrogens is 375 g/mol. The summed E-state index contributed by atoms with van der Waals surface area (Å²) in [5, 5.41) is 5.64. The number of rotatable bonds is 5. The van der Waals surface area contributed by atoms with Crippen LogP contribution in [0.5, 0.6) is 5.75 Å². The Morgan fingerprint density at radius 2 is 2.03 bits per heavy atom. The van der Waals surface area contributed by atoms with Crippen LogP contribution < -0.4 is 15.4 Å². The number of hydrogen-bond donors (Lipinski definition) is 2. The standard InChI is InChI=1S/C21H19FN4O3/c1-29-18-5-3-2-4-14(18)10-23-20(27)17-12-26-11-16(25-21(28)19(26)24-17)13-6-8-15(22)9-7-13/h2-9,12,16H,10-11H2,1H3,(H,23,27)(H,25,28). The monoisotopic (exact) mass is 394 g/mol. The van der Waals surface area contributed by atoms with Gasteiger partial charge in [-0.2, -0.15) is 0 Å². The van der Waals surface area contributed by atoms with Crippen LogP contribution in [-0.4, -0.2) is 28.5 Å². The molecular formula is C21H19FN4O3. The second-order valence-corrected chi connectivity index (χ2v) is 6.67. The third-order valence-corrected chi connectivity index (χ3v) is 4.80. The number of nitrogens with zero attached hydrogens (tertiary/aromatic N) is 2. The van der Waals surface area contributed by atoms with Crippen LogP contribution in [0.25, 0.3) is 0 Å². The zero-order valence-corrected chi connectivity index (χ0v) is 15.7. The quantitative estimate of drug-likeness (QED) is 0.696. The van der Waals surface area contributed by atoms with Gasteiger partial charge < -0.3 is 19.9 Å². The van der Waals surface area contributed by atoms with Crippen molar-refractivity contribution in [2.45, 2.75) is 19.1 Å². The number of nitrogens with one attached hydrogen (secondary N) is 2. The average molecular weight is 394 g/mol. The van der Waals surface area contributed by atoms with Gasteiger partial charge in [0.2, 0.25) is 0 Å². The number of imidazole rings is 1.